The molecule has 1 heterocycles. The normalized spacial score (nSPS) is 16.0. The smallest absolute Gasteiger partial charge is 0.131 e. The second-order valence-corrected chi connectivity index (χ2v) is 0.916. The van der Waals surface area contributed by atoms with Crippen LogP contribution in [0.5, 0.6) is 0 Å². The van der Waals surface area contributed by atoms with Crippen molar-refractivity contribution in [3.8, 4) is 0 Å². The summed E-state index contributed by atoms with van der Waals surface area (Å²) < 4.78 is 0. The predicted octanol–water partition coefficient (Wildman–Crippen LogP) is -0.411. The van der Waals surface area contributed by atoms with E-state index in [4.69, 9.17) is 0 Å². The van der Waals surface area contributed by atoms with Crippen molar-refractivity contribution < 1.29 is 0 Å². The van der Waals surface area contributed by atoms with E-state index in [0.29, 0.717) is 0 Å². The minimum Gasteiger partial charge on any atom is -0.266 e. The molecule has 7 heavy (non-hydrogen) atoms. The van der Waals surface area contributed by atoms with Crippen LogP contribution in [-0.2, 0) is 0 Å². The first-order chi connectivity index (χ1) is 3.50. The second kappa shape index (κ2) is 2.07. The molecular weight excluding hydrogens is 92.1 g/mol. The molecule has 1 rings (SSSR count). The fraction of sp³-hybridized carbons (Fsp3) is 0. The van der Waals surface area contributed by atoms with Gasteiger partial charge in [-0.25, -0.2) is 0 Å². The average Bonchev–Trinajstić information content (AvgIpc) is 1.90. The molecule has 36 valence electrons. The van der Waals surface area contributed by atoms with Crippen LogP contribution >= 0.6 is 0 Å². The molecule has 1 aliphatic heterocycles. The van der Waals surface area contributed by atoms with E-state index in [1.807, 2.05) is 0 Å². The Labute approximate surface area is 40.6 Å². The van der Waals surface area contributed by atoms with Crippen LogP contribution in [0, 0.1) is 0 Å². The number of hydrazone groups is 1. The Kier molecular flexibility index (Phi) is 1.18. The molecular formula is C3H4N4. The molecule has 0 atom stereocenters. The highest BCUT2D eigenvalue weighted by atomic mass is 15.3. The van der Waals surface area contributed by atoms with Crippen molar-refractivity contribution in [3.63, 3.8) is 0 Å². The quantitative estimate of drug-likeness (QED) is 0.438. The van der Waals surface area contributed by atoms with E-state index in [-0.39, 0.29) is 0 Å². The largest absolute Gasteiger partial charge is 0.266 e. The maximum Gasteiger partial charge on any atom is 0.131 e. The Hall–Kier alpha value is -1.19. The summed E-state index contributed by atoms with van der Waals surface area (Å²) in [6.07, 6.45) is 4.42. The van der Waals surface area contributed by atoms with Gasteiger partial charge in [0.25, 0.3) is 0 Å². The Morgan fingerprint density at radius 3 is 3.14 bits per heavy atom. The maximum absolute atomic E-state index is 3.60. The van der Waals surface area contributed by atoms with E-state index >= 15 is 0 Å². The zero-order chi connectivity index (χ0) is 4.95. The molecule has 0 aliphatic carbocycles. The van der Waals surface area contributed by atoms with Crippen molar-refractivity contribution in [1.82, 2.24) is 5.43 Å². The van der Waals surface area contributed by atoms with E-state index in [1.54, 1.807) is 0 Å². The molecule has 0 fully saturated rings. The third kappa shape index (κ3) is 1.13. The molecule has 1 N–H and O–H groups in total. The molecule has 0 bridgehead atoms. The summed E-state index contributed by atoms with van der Waals surface area (Å²) >= 11 is 0. The molecule has 1 aliphatic rings. The Bertz CT molecular complexity index is 109. The molecule has 0 spiro atoms. The van der Waals surface area contributed by atoms with E-state index in [1.165, 1.54) is 18.8 Å². The van der Waals surface area contributed by atoms with Gasteiger partial charge in [-0.05, 0) is 0 Å². The molecule has 0 saturated heterocycles. The summed E-state index contributed by atoms with van der Waals surface area (Å²) in [7, 11) is 0. The van der Waals surface area contributed by atoms with Crippen LogP contribution in [0.15, 0.2) is 15.3 Å². The van der Waals surface area contributed by atoms with Crippen molar-refractivity contribution in [1.29, 1.82) is 0 Å². The van der Waals surface area contributed by atoms with Crippen LogP contribution in [0.3, 0.4) is 0 Å². The summed E-state index contributed by atoms with van der Waals surface area (Å²) in [5, 5.41) is 10.6. The van der Waals surface area contributed by atoms with Gasteiger partial charge < -0.3 is 0 Å². The lowest BCUT2D eigenvalue weighted by molar-refractivity contribution is 1.06. The zero-order valence-corrected chi connectivity index (χ0v) is 3.57. The van der Waals surface area contributed by atoms with Crippen LogP contribution in [0.2, 0.25) is 0 Å². The van der Waals surface area contributed by atoms with Crippen molar-refractivity contribution in [2.75, 3.05) is 0 Å². The fourth-order valence-corrected chi connectivity index (χ4v) is 0.237. The molecule has 0 saturated carbocycles. The molecule has 4 nitrogen and oxygen atoms in total. The minimum atomic E-state index is 1.40. The molecule has 4 heteroatoms. The van der Waals surface area contributed by atoms with Crippen molar-refractivity contribution >= 4 is 18.8 Å². The lowest BCUT2D eigenvalue weighted by Crippen LogP contribution is -1.98. The van der Waals surface area contributed by atoms with Crippen molar-refractivity contribution in [2.45, 2.75) is 0 Å². The van der Waals surface area contributed by atoms with E-state index in [0.717, 1.165) is 0 Å². The van der Waals surface area contributed by atoms with Crippen LogP contribution in [0.25, 0.3) is 0 Å². The number of nitrogens with one attached hydrogen (secondary N) is 1. The van der Waals surface area contributed by atoms with Gasteiger partial charge in [-0.15, -0.1) is 5.10 Å². The molecule has 0 aromatic heterocycles. The van der Waals surface area contributed by atoms with Gasteiger partial charge in [0, 0.05) is 0 Å². The topological polar surface area (TPSA) is 49.1 Å². The summed E-state index contributed by atoms with van der Waals surface area (Å²) in [5.41, 5.74) is 2.50. The van der Waals surface area contributed by atoms with Crippen molar-refractivity contribution in [3.05, 3.63) is 0 Å². The third-order valence-corrected chi connectivity index (χ3v) is 0.465. The van der Waals surface area contributed by atoms with E-state index < -0.39 is 0 Å². The van der Waals surface area contributed by atoms with Gasteiger partial charge in [-0.3, -0.25) is 5.43 Å². The highest BCUT2D eigenvalue weighted by molar-refractivity contribution is 6.16. The highest BCUT2D eigenvalue weighted by Gasteiger charge is 1.69. The predicted molar refractivity (Wildman–Crippen MR) is 28.6 cm³/mol. The monoisotopic (exact) mass is 96.0 g/mol. The zero-order valence-electron chi connectivity index (χ0n) is 3.57. The van der Waals surface area contributed by atoms with E-state index in [2.05, 4.69) is 20.7 Å². The summed E-state index contributed by atoms with van der Waals surface area (Å²) in [4.78, 5) is 0. The number of hydrogen-bond donors (Lipinski definition) is 1. The third-order valence-electron chi connectivity index (χ3n) is 0.465. The lowest BCUT2D eigenvalue weighted by Gasteiger charge is -1.76. The second-order valence-electron chi connectivity index (χ2n) is 0.916. The first-order valence-corrected chi connectivity index (χ1v) is 1.82. The number of nitrogens with zero attached hydrogens (tertiary/aromatic N) is 3. The van der Waals surface area contributed by atoms with Gasteiger partial charge >= 0.3 is 0 Å². The summed E-state index contributed by atoms with van der Waals surface area (Å²) in [6, 6.07) is 0. The van der Waals surface area contributed by atoms with Gasteiger partial charge in [0.05, 0.1) is 12.4 Å². The fourth-order valence-electron chi connectivity index (χ4n) is 0.237. The Morgan fingerprint density at radius 1 is 1.14 bits per heavy atom. The number of hydrogen-bond acceptors (Lipinski definition) is 4. The average molecular weight is 96.1 g/mol. The van der Waals surface area contributed by atoms with Crippen LogP contribution in [0.4, 0.5) is 0 Å². The first kappa shape index (κ1) is 3.98. The van der Waals surface area contributed by atoms with Gasteiger partial charge in [-0.1, -0.05) is 0 Å². The van der Waals surface area contributed by atoms with E-state index in [9.17, 15) is 0 Å². The van der Waals surface area contributed by atoms with Crippen molar-refractivity contribution in [2.24, 2.45) is 15.3 Å². The Balaban J connectivity index is 2.60. The van der Waals surface area contributed by atoms with Gasteiger partial charge in [0.15, 0.2) is 0 Å². The lowest BCUT2D eigenvalue weighted by atomic mass is 10.8. The van der Waals surface area contributed by atoms with Gasteiger partial charge in [0.1, 0.15) is 6.34 Å². The maximum atomic E-state index is 3.60. The Morgan fingerprint density at radius 2 is 2.14 bits per heavy atom. The standard InChI is InChI=1S/C3H4N4/c1-2-5-7-3-6-4-1/h1-3H,(H,6,7). The SMILES string of the molecule is C1=NN=CNN=C1. The molecule has 0 amide bonds. The summed E-state index contributed by atoms with van der Waals surface area (Å²) in [5.74, 6) is 0. The minimum absolute atomic E-state index is 1.40. The molecule has 0 unspecified atom stereocenters. The summed E-state index contributed by atoms with van der Waals surface area (Å²) in [6.45, 7) is 0. The molecule has 0 aromatic carbocycles. The van der Waals surface area contributed by atoms with Crippen LogP contribution in [-0.4, -0.2) is 18.8 Å². The van der Waals surface area contributed by atoms with Crippen LogP contribution in [0.1, 0.15) is 0 Å². The number of rotatable bonds is 0. The first-order valence-electron chi connectivity index (χ1n) is 1.82. The van der Waals surface area contributed by atoms with Gasteiger partial charge in [0.2, 0.25) is 0 Å². The van der Waals surface area contributed by atoms with Gasteiger partial charge in [-0.2, -0.15) is 10.2 Å². The van der Waals surface area contributed by atoms with Crippen LogP contribution < -0.4 is 5.43 Å². The molecule has 0 radical (unpaired) electrons. The highest BCUT2D eigenvalue weighted by Crippen LogP contribution is 1.66. The molecule has 0 aromatic rings.